The molecule has 4 atom stereocenters. The molecule has 0 saturated carbocycles. The summed E-state index contributed by atoms with van der Waals surface area (Å²) in [6, 6.07) is 0. The molecular formula is C13H17N5O4S3. The molecule has 0 aliphatic carbocycles. The van der Waals surface area contributed by atoms with Crippen LogP contribution in [0.2, 0.25) is 0 Å². The molecule has 0 radical (unpaired) electrons. The monoisotopic (exact) mass is 403 g/mol. The van der Waals surface area contributed by atoms with Gasteiger partial charge in [0, 0.05) is 0 Å². The minimum Gasteiger partial charge on any atom is -0.394 e. The quantitative estimate of drug-likeness (QED) is 0.223. The van der Waals surface area contributed by atoms with Crippen LogP contribution in [0.25, 0.3) is 11.0 Å². The molecule has 2 aromatic rings. The van der Waals surface area contributed by atoms with Gasteiger partial charge in [0.15, 0.2) is 17.0 Å². The standard InChI is InChI=1S/C13H17N5O4S3/c1-24-11-5-6(9(14)23)17-18(10(5)15-13(16-11)25-2)12-8(21)7(20)4(3-19)22-12/h4,7-8,12,19-21H,3H2,1-2H3,(H2,14,23)/t4-,7-,8-,12-/m1/s1. The molecule has 1 aliphatic heterocycles. The molecule has 1 saturated heterocycles. The van der Waals surface area contributed by atoms with Gasteiger partial charge in [0.2, 0.25) is 0 Å². The Kier molecular flexibility index (Phi) is 5.48. The van der Waals surface area contributed by atoms with Gasteiger partial charge in [-0.2, -0.15) is 5.10 Å². The molecule has 3 rings (SSSR count). The van der Waals surface area contributed by atoms with Crippen molar-refractivity contribution in [3.8, 4) is 0 Å². The fraction of sp³-hybridized carbons (Fsp3) is 0.538. The van der Waals surface area contributed by atoms with Gasteiger partial charge in [0.1, 0.15) is 34.0 Å². The summed E-state index contributed by atoms with van der Waals surface area (Å²) in [5, 5.41) is 35.7. The molecule has 1 fully saturated rings. The second-order valence-electron chi connectivity index (χ2n) is 5.30. The van der Waals surface area contributed by atoms with E-state index in [2.05, 4.69) is 15.1 Å². The summed E-state index contributed by atoms with van der Waals surface area (Å²) in [6.07, 6.45) is -0.785. The SMILES string of the molecule is CSc1nc(SC)c2c(C(N)=S)nn([C@@H]3O[C@H](CO)[C@@H](O)[C@H]3O)c2n1. The van der Waals surface area contributed by atoms with E-state index in [1.807, 2.05) is 12.5 Å². The Morgan fingerprint density at radius 3 is 2.52 bits per heavy atom. The van der Waals surface area contributed by atoms with E-state index in [0.717, 1.165) is 0 Å². The number of nitrogens with zero attached hydrogens (tertiary/aromatic N) is 4. The Balaban J connectivity index is 2.23. The second kappa shape index (κ2) is 7.31. The lowest BCUT2D eigenvalue weighted by Crippen LogP contribution is -2.33. The number of aliphatic hydroxyl groups is 3. The average molecular weight is 404 g/mol. The number of aromatic nitrogens is 4. The number of thiocarbonyl (C=S) groups is 1. The first-order valence-corrected chi connectivity index (χ1v) is 10.1. The van der Waals surface area contributed by atoms with Gasteiger partial charge in [0.25, 0.3) is 0 Å². The first-order chi connectivity index (χ1) is 11.9. The van der Waals surface area contributed by atoms with Crippen molar-refractivity contribution in [1.82, 2.24) is 19.7 Å². The van der Waals surface area contributed by atoms with Crippen molar-refractivity contribution in [2.75, 3.05) is 19.1 Å². The maximum atomic E-state index is 10.3. The highest BCUT2D eigenvalue weighted by Gasteiger charge is 2.45. The molecule has 136 valence electrons. The van der Waals surface area contributed by atoms with Gasteiger partial charge >= 0.3 is 0 Å². The smallest absolute Gasteiger partial charge is 0.190 e. The number of ether oxygens (including phenoxy) is 1. The van der Waals surface area contributed by atoms with Gasteiger partial charge in [-0.05, 0) is 12.5 Å². The van der Waals surface area contributed by atoms with E-state index < -0.39 is 31.1 Å². The maximum Gasteiger partial charge on any atom is 0.190 e. The number of thioether (sulfide) groups is 2. The van der Waals surface area contributed by atoms with Crippen LogP contribution in [-0.2, 0) is 4.74 Å². The highest BCUT2D eigenvalue weighted by Crippen LogP contribution is 2.35. The molecule has 0 aromatic carbocycles. The first-order valence-electron chi connectivity index (χ1n) is 7.23. The molecule has 0 unspecified atom stereocenters. The predicted octanol–water partition coefficient (Wildman–Crippen LogP) is -0.484. The molecule has 0 bridgehead atoms. The molecule has 2 aromatic heterocycles. The van der Waals surface area contributed by atoms with E-state index in [9.17, 15) is 15.3 Å². The Morgan fingerprint density at radius 1 is 1.28 bits per heavy atom. The summed E-state index contributed by atoms with van der Waals surface area (Å²) in [6.45, 7) is -0.433. The minimum absolute atomic E-state index is 0.0614. The summed E-state index contributed by atoms with van der Waals surface area (Å²) in [4.78, 5) is 8.95. The van der Waals surface area contributed by atoms with E-state index in [1.165, 1.54) is 28.2 Å². The number of hydrogen-bond acceptors (Lipinski definition) is 10. The van der Waals surface area contributed by atoms with Crippen molar-refractivity contribution in [3.05, 3.63) is 5.69 Å². The third kappa shape index (κ3) is 3.12. The van der Waals surface area contributed by atoms with Crippen molar-refractivity contribution in [2.24, 2.45) is 5.73 Å². The van der Waals surface area contributed by atoms with Crippen molar-refractivity contribution in [2.45, 2.75) is 34.7 Å². The summed E-state index contributed by atoms with van der Waals surface area (Å²) < 4.78 is 6.90. The average Bonchev–Trinajstić information content (AvgIpc) is 3.12. The van der Waals surface area contributed by atoms with Crippen molar-refractivity contribution in [3.63, 3.8) is 0 Å². The molecule has 25 heavy (non-hydrogen) atoms. The molecular weight excluding hydrogens is 386 g/mol. The van der Waals surface area contributed by atoms with Crippen LogP contribution >= 0.6 is 35.7 Å². The van der Waals surface area contributed by atoms with Crippen LogP contribution in [0.1, 0.15) is 11.9 Å². The van der Waals surface area contributed by atoms with E-state index in [-0.39, 0.29) is 4.99 Å². The van der Waals surface area contributed by atoms with Crippen LogP contribution in [-0.4, -0.2) is 77.5 Å². The lowest BCUT2D eigenvalue weighted by atomic mass is 10.1. The highest BCUT2D eigenvalue weighted by molar-refractivity contribution is 7.99. The topological polar surface area (TPSA) is 140 Å². The first kappa shape index (κ1) is 18.8. The summed E-state index contributed by atoms with van der Waals surface area (Å²) in [5.41, 5.74) is 6.50. The predicted molar refractivity (Wildman–Crippen MR) is 97.8 cm³/mol. The summed E-state index contributed by atoms with van der Waals surface area (Å²) in [7, 11) is 0. The van der Waals surface area contributed by atoms with Crippen LogP contribution in [0.5, 0.6) is 0 Å². The number of nitrogens with two attached hydrogens (primary N) is 1. The third-order valence-electron chi connectivity index (χ3n) is 3.87. The third-order valence-corrected chi connectivity index (χ3v) is 5.29. The number of hydrogen-bond donors (Lipinski definition) is 4. The Morgan fingerprint density at radius 2 is 2.00 bits per heavy atom. The fourth-order valence-electron chi connectivity index (χ4n) is 2.66. The zero-order valence-corrected chi connectivity index (χ0v) is 15.8. The molecule has 0 spiro atoms. The van der Waals surface area contributed by atoms with Crippen LogP contribution in [0, 0.1) is 0 Å². The van der Waals surface area contributed by atoms with Crippen molar-refractivity contribution < 1.29 is 20.1 Å². The number of fused-ring (bicyclic) bond motifs is 1. The highest BCUT2D eigenvalue weighted by atomic mass is 32.2. The van der Waals surface area contributed by atoms with E-state index in [1.54, 1.807) is 0 Å². The van der Waals surface area contributed by atoms with Crippen molar-refractivity contribution in [1.29, 1.82) is 0 Å². The van der Waals surface area contributed by atoms with Crippen LogP contribution in [0.3, 0.4) is 0 Å². The van der Waals surface area contributed by atoms with Gasteiger partial charge in [-0.1, -0.05) is 24.0 Å². The van der Waals surface area contributed by atoms with Gasteiger partial charge in [-0.25, -0.2) is 14.6 Å². The minimum atomic E-state index is -1.29. The molecule has 5 N–H and O–H groups in total. The zero-order valence-electron chi connectivity index (χ0n) is 13.4. The Bertz CT molecular complexity index is 817. The van der Waals surface area contributed by atoms with Gasteiger partial charge in [-0.3, -0.25) is 0 Å². The van der Waals surface area contributed by atoms with Gasteiger partial charge in [0.05, 0.1) is 12.0 Å². The number of rotatable bonds is 5. The zero-order chi connectivity index (χ0) is 18.3. The van der Waals surface area contributed by atoms with Crippen LogP contribution < -0.4 is 5.73 Å². The summed E-state index contributed by atoms with van der Waals surface area (Å²) >= 11 is 7.84. The maximum absolute atomic E-state index is 10.3. The molecule has 12 heteroatoms. The van der Waals surface area contributed by atoms with Crippen LogP contribution in [0.15, 0.2) is 10.2 Å². The van der Waals surface area contributed by atoms with Gasteiger partial charge in [-0.15, -0.1) is 11.8 Å². The van der Waals surface area contributed by atoms with Crippen molar-refractivity contribution >= 4 is 51.8 Å². The van der Waals surface area contributed by atoms with Crippen LogP contribution in [0.4, 0.5) is 0 Å². The fourth-order valence-corrected chi connectivity index (χ4v) is 3.79. The van der Waals surface area contributed by atoms with E-state index >= 15 is 0 Å². The molecule has 0 amide bonds. The lowest BCUT2D eigenvalue weighted by molar-refractivity contribution is -0.0567. The molecule has 1 aliphatic rings. The Labute approximate surface area is 157 Å². The lowest BCUT2D eigenvalue weighted by Gasteiger charge is -2.15. The van der Waals surface area contributed by atoms with E-state index in [4.69, 9.17) is 22.7 Å². The molecule has 9 nitrogen and oxygen atoms in total. The van der Waals surface area contributed by atoms with E-state index in [0.29, 0.717) is 26.9 Å². The largest absolute Gasteiger partial charge is 0.394 e. The normalized spacial score (nSPS) is 26.4. The van der Waals surface area contributed by atoms with Gasteiger partial charge < -0.3 is 25.8 Å². The number of aliphatic hydroxyl groups excluding tert-OH is 3. The molecule has 3 heterocycles. The second-order valence-corrected chi connectivity index (χ2v) is 7.31. The Hall–Kier alpha value is -1.02. The summed E-state index contributed by atoms with van der Waals surface area (Å²) in [5.74, 6) is 0.